The van der Waals surface area contributed by atoms with Gasteiger partial charge in [-0.15, -0.1) is 0 Å². The summed E-state index contributed by atoms with van der Waals surface area (Å²) in [5.74, 6) is 0.680. The number of fused-ring (bicyclic) bond motifs is 1. The first kappa shape index (κ1) is 13.8. The molecule has 0 spiro atoms. The second-order valence-electron chi connectivity index (χ2n) is 4.68. The smallest absolute Gasteiger partial charge is 0.194 e. The second kappa shape index (κ2) is 5.70. The normalized spacial score (nSPS) is 10.6. The minimum atomic E-state index is -0.0217. The Hall–Kier alpha value is -2.13. The number of carbonyl (C=O) groups excluding carboxylic acids is 1. The summed E-state index contributed by atoms with van der Waals surface area (Å²) < 4.78 is 6.23. The number of hydrogen-bond acceptors (Lipinski definition) is 2. The number of halogens is 1. The van der Waals surface area contributed by atoms with Gasteiger partial charge in [-0.05, 0) is 22.0 Å². The highest BCUT2D eigenvalue weighted by Crippen LogP contribution is 2.35. The van der Waals surface area contributed by atoms with Gasteiger partial charge in [0.05, 0.1) is 7.11 Å². The van der Waals surface area contributed by atoms with Gasteiger partial charge in [0.1, 0.15) is 5.75 Å². The largest absolute Gasteiger partial charge is 0.496 e. The molecule has 0 unspecified atom stereocenters. The molecule has 0 amide bonds. The Morgan fingerprint density at radius 1 is 0.952 bits per heavy atom. The molecule has 0 saturated heterocycles. The number of rotatable bonds is 3. The van der Waals surface area contributed by atoms with Gasteiger partial charge < -0.3 is 4.74 Å². The van der Waals surface area contributed by atoms with E-state index >= 15 is 0 Å². The highest BCUT2D eigenvalue weighted by molar-refractivity contribution is 9.10. The van der Waals surface area contributed by atoms with Crippen molar-refractivity contribution in [2.75, 3.05) is 7.11 Å². The van der Waals surface area contributed by atoms with Crippen LogP contribution in [0.25, 0.3) is 10.8 Å². The lowest BCUT2D eigenvalue weighted by Crippen LogP contribution is -2.03. The molecular formula is C18H13BrO2. The van der Waals surface area contributed by atoms with Gasteiger partial charge in [0.25, 0.3) is 0 Å². The first-order valence-electron chi connectivity index (χ1n) is 6.57. The van der Waals surface area contributed by atoms with Crippen LogP contribution in [0.15, 0.2) is 65.1 Å². The van der Waals surface area contributed by atoms with Crippen molar-refractivity contribution in [1.82, 2.24) is 0 Å². The van der Waals surface area contributed by atoms with Crippen LogP contribution in [-0.2, 0) is 0 Å². The SMILES string of the molecule is COc1cc(C(=O)c2ccccc2)c(Br)c2ccccc12. The molecule has 0 saturated carbocycles. The summed E-state index contributed by atoms with van der Waals surface area (Å²) in [7, 11) is 1.62. The summed E-state index contributed by atoms with van der Waals surface area (Å²) in [5.41, 5.74) is 1.27. The van der Waals surface area contributed by atoms with Gasteiger partial charge in [0.2, 0.25) is 0 Å². The van der Waals surface area contributed by atoms with E-state index in [4.69, 9.17) is 4.74 Å². The molecule has 2 nitrogen and oxygen atoms in total. The molecule has 0 aliphatic heterocycles. The Labute approximate surface area is 131 Å². The van der Waals surface area contributed by atoms with Crippen LogP contribution in [-0.4, -0.2) is 12.9 Å². The number of benzene rings is 3. The van der Waals surface area contributed by atoms with Gasteiger partial charge in [0.15, 0.2) is 5.78 Å². The topological polar surface area (TPSA) is 26.3 Å². The van der Waals surface area contributed by atoms with Crippen molar-refractivity contribution in [2.24, 2.45) is 0 Å². The maximum Gasteiger partial charge on any atom is 0.194 e. The van der Waals surface area contributed by atoms with Crippen LogP contribution >= 0.6 is 15.9 Å². The van der Waals surface area contributed by atoms with Crippen molar-refractivity contribution in [1.29, 1.82) is 0 Å². The van der Waals surface area contributed by atoms with Gasteiger partial charge in [-0.25, -0.2) is 0 Å². The van der Waals surface area contributed by atoms with Crippen LogP contribution in [0.1, 0.15) is 15.9 Å². The molecule has 0 fully saturated rings. The third-order valence-corrected chi connectivity index (χ3v) is 4.30. The Morgan fingerprint density at radius 3 is 2.24 bits per heavy atom. The summed E-state index contributed by atoms with van der Waals surface area (Å²) in [6.45, 7) is 0. The predicted molar refractivity (Wildman–Crippen MR) is 88.1 cm³/mol. The fraction of sp³-hybridized carbons (Fsp3) is 0.0556. The van der Waals surface area contributed by atoms with E-state index in [9.17, 15) is 4.79 Å². The average molecular weight is 341 g/mol. The molecule has 3 heteroatoms. The Morgan fingerprint density at radius 2 is 1.57 bits per heavy atom. The van der Waals surface area contributed by atoms with E-state index < -0.39 is 0 Å². The van der Waals surface area contributed by atoms with Crippen molar-refractivity contribution in [3.05, 3.63) is 76.3 Å². The van der Waals surface area contributed by atoms with E-state index in [1.807, 2.05) is 54.6 Å². The molecule has 3 aromatic rings. The summed E-state index contributed by atoms with van der Waals surface area (Å²) >= 11 is 3.57. The third kappa shape index (κ3) is 2.45. The lowest BCUT2D eigenvalue weighted by molar-refractivity contribution is 0.103. The molecule has 0 radical (unpaired) electrons. The third-order valence-electron chi connectivity index (χ3n) is 3.44. The molecule has 0 aliphatic carbocycles. The number of hydrogen-bond donors (Lipinski definition) is 0. The summed E-state index contributed by atoms with van der Waals surface area (Å²) in [5, 5.41) is 1.95. The second-order valence-corrected chi connectivity index (χ2v) is 5.47. The summed E-state index contributed by atoms with van der Waals surface area (Å²) in [6.07, 6.45) is 0. The summed E-state index contributed by atoms with van der Waals surface area (Å²) in [4.78, 5) is 12.7. The van der Waals surface area contributed by atoms with Crippen molar-refractivity contribution in [3.63, 3.8) is 0 Å². The quantitative estimate of drug-likeness (QED) is 0.637. The van der Waals surface area contributed by atoms with Gasteiger partial charge in [-0.3, -0.25) is 4.79 Å². The lowest BCUT2D eigenvalue weighted by atomic mass is 9.99. The van der Waals surface area contributed by atoms with E-state index in [-0.39, 0.29) is 5.78 Å². The minimum Gasteiger partial charge on any atom is -0.496 e. The molecule has 0 aromatic heterocycles. The molecular weight excluding hydrogens is 328 g/mol. The van der Waals surface area contributed by atoms with Crippen molar-refractivity contribution in [2.45, 2.75) is 0 Å². The Balaban J connectivity index is 2.24. The average Bonchev–Trinajstić information content (AvgIpc) is 2.56. The van der Waals surface area contributed by atoms with Crippen molar-refractivity contribution < 1.29 is 9.53 Å². The van der Waals surface area contributed by atoms with E-state index in [0.29, 0.717) is 16.9 Å². The number of ether oxygens (including phenoxy) is 1. The standard InChI is InChI=1S/C18H13BrO2/c1-21-16-11-15(18(20)12-7-3-2-4-8-12)17(19)14-10-6-5-9-13(14)16/h2-11H,1H3. The lowest BCUT2D eigenvalue weighted by Gasteiger charge is -2.12. The molecule has 3 rings (SSSR count). The van der Waals surface area contributed by atoms with Crippen LogP contribution in [0.4, 0.5) is 0 Å². The van der Waals surface area contributed by atoms with E-state index in [1.54, 1.807) is 13.2 Å². The first-order chi connectivity index (χ1) is 10.2. The van der Waals surface area contributed by atoms with Crippen molar-refractivity contribution >= 4 is 32.5 Å². The van der Waals surface area contributed by atoms with E-state index in [2.05, 4.69) is 15.9 Å². The van der Waals surface area contributed by atoms with Gasteiger partial charge >= 0.3 is 0 Å². The van der Waals surface area contributed by atoms with Crippen LogP contribution in [0.5, 0.6) is 5.75 Å². The van der Waals surface area contributed by atoms with E-state index in [1.165, 1.54) is 0 Å². The van der Waals surface area contributed by atoms with Crippen molar-refractivity contribution in [3.8, 4) is 5.75 Å². The highest BCUT2D eigenvalue weighted by atomic mass is 79.9. The molecule has 0 atom stereocenters. The molecule has 0 bridgehead atoms. The zero-order chi connectivity index (χ0) is 14.8. The Bertz CT molecular complexity index is 810. The zero-order valence-electron chi connectivity index (χ0n) is 11.5. The van der Waals surface area contributed by atoms with Crippen LogP contribution in [0, 0.1) is 0 Å². The van der Waals surface area contributed by atoms with E-state index in [0.717, 1.165) is 15.2 Å². The fourth-order valence-electron chi connectivity index (χ4n) is 2.39. The minimum absolute atomic E-state index is 0.0217. The zero-order valence-corrected chi connectivity index (χ0v) is 13.1. The highest BCUT2D eigenvalue weighted by Gasteiger charge is 2.17. The van der Waals surface area contributed by atoms with Crippen LogP contribution < -0.4 is 4.74 Å². The molecule has 0 N–H and O–H groups in total. The fourth-order valence-corrected chi connectivity index (χ4v) is 3.03. The van der Waals surface area contributed by atoms with Gasteiger partial charge in [-0.2, -0.15) is 0 Å². The van der Waals surface area contributed by atoms with Crippen LogP contribution in [0.3, 0.4) is 0 Å². The summed E-state index contributed by atoms with van der Waals surface area (Å²) in [6, 6.07) is 18.9. The molecule has 21 heavy (non-hydrogen) atoms. The maximum atomic E-state index is 12.7. The molecule has 104 valence electrons. The maximum absolute atomic E-state index is 12.7. The molecule has 0 aliphatic rings. The number of carbonyl (C=O) groups is 1. The monoisotopic (exact) mass is 340 g/mol. The molecule has 0 heterocycles. The van der Waals surface area contributed by atoms with Gasteiger partial charge in [-0.1, -0.05) is 54.6 Å². The first-order valence-corrected chi connectivity index (χ1v) is 7.36. The molecule has 3 aromatic carbocycles. The van der Waals surface area contributed by atoms with Gasteiger partial charge in [0, 0.05) is 26.4 Å². The van der Waals surface area contributed by atoms with Crippen LogP contribution in [0.2, 0.25) is 0 Å². The number of methoxy groups -OCH3 is 1. The Kier molecular flexibility index (Phi) is 3.76. The predicted octanol–water partition coefficient (Wildman–Crippen LogP) is 4.84. The number of ketones is 1.